The minimum absolute atomic E-state index is 0.0491. The zero-order valence-corrected chi connectivity index (χ0v) is 13.9. The lowest BCUT2D eigenvalue weighted by atomic mass is 10.3. The average Bonchev–Trinajstić information content (AvgIpc) is 3.06. The second-order valence-electron chi connectivity index (χ2n) is 4.94. The number of furan rings is 1. The van der Waals surface area contributed by atoms with Crippen LogP contribution in [-0.4, -0.2) is 36.8 Å². The van der Waals surface area contributed by atoms with E-state index >= 15 is 0 Å². The highest BCUT2D eigenvalue weighted by atomic mass is 32.2. The Hall–Kier alpha value is -1.79. The van der Waals surface area contributed by atoms with Crippen LogP contribution >= 0.6 is 11.8 Å². The number of halogens is 1. The monoisotopic (exact) mass is 337 g/mol. The maximum Gasteiger partial charge on any atom is 0.223 e. The van der Waals surface area contributed by atoms with Gasteiger partial charge in [-0.2, -0.15) is 0 Å². The van der Waals surface area contributed by atoms with Gasteiger partial charge in [-0.25, -0.2) is 4.39 Å². The van der Waals surface area contributed by atoms with E-state index < -0.39 is 0 Å². The van der Waals surface area contributed by atoms with Gasteiger partial charge in [0.2, 0.25) is 5.91 Å². The summed E-state index contributed by atoms with van der Waals surface area (Å²) >= 11 is 1.54. The molecule has 0 spiro atoms. The first-order valence-corrected chi connectivity index (χ1v) is 8.35. The first-order valence-electron chi connectivity index (χ1n) is 7.36. The second-order valence-corrected chi connectivity index (χ2v) is 6.11. The quantitative estimate of drug-likeness (QED) is 0.656. The van der Waals surface area contributed by atoms with Gasteiger partial charge in [0.25, 0.3) is 0 Å². The molecule has 0 aliphatic carbocycles. The molecule has 23 heavy (non-hydrogen) atoms. The normalized spacial score (nSPS) is 10.7. The van der Waals surface area contributed by atoms with E-state index in [2.05, 4.69) is 0 Å². The molecule has 0 radical (unpaired) electrons. The standard InChI is InChI=1S/C17H20FNO3S/c1-21-11-9-19(13-15-3-2-10-22-15)17(20)8-12-23-16-6-4-14(18)5-7-16/h2-7,10H,8-9,11-13H2,1H3. The molecule has 0 bridgehead atoms. The molecule has 2 rings (SSSR count). The van der Waals surface area contributed by atoms with E-state index in [1.165, 1.54) is 23.9 Å². The number of amides is 1. The van der Waals surface area contributed by atoms with E-state index in [-0.39, 0.29) is 11.7 Å². The molecule has 0 atom stereocenters. The van der Waals surface area contributed by atoms with Crippen LogP contribution in [0.5, 0.6) is 0 Å². The van der Waals surface area contributed by atoms with Gasteiger partial charge >= 0.3 is 0 Å². The Labute approximate surface area is 139 Å². The lowest BCUT2D eigenvalue weighted by Crippen LogP contribution is -2.33. The van der Waals surface area contributed by atoms with Crippen LogP contribution in [0.1, 0.15) is 12.2 Å². The largest absolute Gasteiger partial charge is 0.467 e. The molecule has 124 valence electrons. The number of rotatable bonds is 9. The van der Waals surface area contributed by atoms with Crippen LogP contribution in [0, 0.1) is 5.82 Å². The van der Waals surface area contributed by atoms with Crippen molar-refractivity contribution in [1.29, 1.82) is 0 Å². The first-order chi connectivity index (χ1) is 11.2. The molecule has 0 unspecified atom stereocenters. The summed E-state index contributed by atoms with van der Waals surface area (Å²) < 4.78 is 23.2. The lowest BCUT2D eigenvalue weighted by Gasteiger charge is -2.21. The molecule has 0 fully saturated rings. The number of nitrogens with zero attached hydrogens (tertiary/aromatic N) is 1. The molecule has 1 aromatic carbocycles. The van der Waals surface area contributed by atoms with Crippen LogP contribution in [0.15, 0.2) is 52.0 Å². The zero-order chi connectivity index (χ0) is 16.5. The molecule has 0 N–H and O–H groups in total. The number of hydrogen-bond donors (Lipinski definition) is 0. The van der Waals surface area contributed by atoms with E-state index in [4.69, 9.17) is 9.15 Å². The molecule has 1 amide bonds. The summed E-state index contributed by atoms with van der Waals surface area (Å²) in [6, 6.07) is 9.93. The fourth-order valence-corrected chi connectivity index (χ4v) is 2.87. The number of ether oxygens (including phenoxy) is 1. The van der Waals surface area contributed by atoms with Crippen molar-refractivity contribution in [2.75, 3.05) is 26.0 Å². The summed E-state index contributed by atoms with van der Waals surface area (Å²) in [6.07, 6.45) is 2.01. The smallest absolute Gasteiger partial charge is 0.223 e. The highest BCUT2D eigenvalue weighted by molar-refractivity contribution is 7.99. The summed E-state index contributed by atoms with van der Waals surface area (Å²) in [5, 5.41) is 0. The van der Waals surface area contributed by atoms with Crippen LogP contribution in [0.4, 0.5) is 4.39 Å². The number of methoxy groups -OCH3 is 1. The molecule has 0 saturated carbocycles. The van der Waals surface area contributed by atoms with Gasteiger partial charge in [-0.05, 0) is 36.4 Å². The fraction of sp³-hybridized carbons (Fsp3) is 0.353. The Bertz CT molecular complexity index is 586. The highest BCUT2D eigenvalue weighted by Crippen LogP contribution is 2.19. The summed E-state index contributed by atoms with van der Waals surface area (Å²) in [4.78, 5) is 15.1. The topological polar surface area (TPSA) is 42.7 Å². The molecule has 1 heterocycles. The number of thioether (sulfide) groups is 1. The molecular weight excluding hydrogens is 317 g/mol. The van der Waals surface area contributed by atoms with Crippen LogP contribution in [0.25, 0.3) is 0 Å². The van der Waals surface area contributed by atoms with Gasteiger partial charge in [0.1, 0.15) is 11.6 Å². The Kier molecular flexibility index (Phi) is 7.16. The highest BCUT2D eigenvalue weighted by Gasteiger charge is 2.15. The van der Waals surface area contributed by atoms with Crippen LogP contribution < -0.4 is 0 Å². The molecule has 0 aliphatic heterocycles. The van der Waals surface area contributed by atoms with Crippen molar-refractivity contribution in [3.8, 4) is 0 Å². The minimum Gasteiger partial charge on any atom is -0.467 e. The molecule has 2 aromatic rings. The summed E-state index contributed by atoms with van der Waals surface area (Å²) in [6.45, 7) is 1.45. The maximum atomic E-state index is 12.9. The molecular formula is C17H20FNO3S. The first kappa shape index (κ1) is 17.6. The molecule has 4 nitrogen and oxygen atoms in total. The summed E-state index contributed by atoms with van der Waals surface area (Å²) in [5.41, 5.74) is 0. The van der Waals surface area contributed by atoms with Gasteiger partial charge in [0.15, 0.2) is 0 Å². The third kappa shape index (κ3) is 6.08. The van der Waals surface area contributed by atoms with Gasteiger partial charge in [-0.1, -0.05) is 0 Å². The SMILES string of the molecule is COCCN(Cc1ccco1)C(=O)CCSc1ccc(F)cc1. The number of carbonyl (C=O) groups excluding carboxylic acids is 1. The Morgan fingerprint density at radius 3 is 2.74 bits per heavy atom. The predicted molar refractivity (Wildman–Crippen MR) is 87.7 cm³/mol. The Balaban J connectivity index is 1.82. The van der Waals surface area contributed by atoms with Crippen LogP contribution in [0.2, 0.25) is 0 Å². The average molecular weight is 337 g/mol. The van der Waals surface area contributed by atoms with Crippen molar-refractivity contribution in [3.63, 3.8) is 0 Å². The van der Waals surface area contributed by atoms with Crippen LogP contribution in [-0.2, 0) is 16.1 Å². The third-order valence-corrected chi connectivity index (χ3v) is 4.26. The van der Waals surface area contributed by atoms with Crippen molar-refractivity contribution in [3.05, 3.63) is 54.2 Å². The molecule has 0 saturated heterocycles. The second kappa shape index (κ2) is 9.37. The molecule has 1 aromatic heterocycles. The van der Waals surface area contributed by atoms with E-state index in [0.717, 1.165) is 10.7 Å². The number of hydrogen-bond acceptors (Lipinski definition) is 4. The van der Waals surface area contributed by atoms with Gasteiger partial charge < -0.3 is 14.1 Å². The Morgan fingerprint density at radius 2 is 2.09 bits per heavy atom. The van der Waals surface area contributed by atoms with E-state index in [9.17, 15) is 9.18 Å². The van der Waals surface area contributed by atoms with E-state index in [1.807, 2.05) is 6.07 Å². The van der Waals surface area contributed by atoms with Crippen molar-refractivity contribution in [1.82, 2.24) is 4.90 Å². The summed E-state index contributed by atoms with van der Waals surface area (Å²) in [5.74, 6) is 1.19. The van der Waals surface area contributed by atoms with Crippen molar-refractivity contribution < 1.29 is 18.3 Å². The molecule has 0 aliphatic rings. The van der Waals surface area contributed by atoms with Gasteiger partial charge in [-0.3, -0.25) is 4.79 Å². The van der Waals surface area contributed by atoms with Gasteiger partial charge in [0.05, 0.1) is 19.4 Å². The van der Waals surface area contributed by atoms with Crippen molar-refractivity contribution >= 4 is 17.7 Å². The Morgan fingerprint density at radius 1 is 1.30 bits per heavy atom. The van der Waals surface area contributed by atoms with Gasteiger partial charge in [0, 0.05) is 30.7 Å². The number of carbonyl (C=O) groups is 1. The predicted octanol–water partition coefficient (Wildman–Crippen LogP) is 3.58. The summed E-state index contributed by atoms with van der Waals surface area (Å²) in [7, 11) is 1.61. The van der Waals surface area contributed by atoms with Crippen molar-refractivity contribution in [2.24, 2.45) is 0 Å². The third-order valence-electron chi connectivity index (χ3n) is 3.24. The van der Waals surface area contributed by atoms with Crippen LogP contribution in [0.3, 0.4) is 0 Å². The van der Waals surface area contributed by atoms with E-state index in [1.54, 1.807) is 36.5 Å². The maximum absolute atomic E-state index is 12.9. The minimum atomic E-state index is -0.255. The zero-order valence-electron chi connectivity index (χ0n) is 13.0. The number of benzene rings is 1. The fourth-order valence-electron chi connectivity index (χ4n) is 2.03. The molecule has 6 heteroatoms. The van der Waals surface area contributed by atoms with Gasteiger partial charge in [-0.15, -0.1) is 11.8 Å². The lowest BCUT2D eigenvalue weighted by molar-refractivity contribution is -0.132. The van der Waals surface area contributed by atoms with Crippen molar-refractivity contribution in [2.45, 2.75) is 17.9 Å². The van der Waals surface area contributed by atoms with E-state index in [0.29, 0.717) is 31.9 Å².